The highest BCUT2D eigenvalue weighted by atomic mass is 35.5. The van der Waals surface area contributed by atoms with Crippen LogP contribution in [0.1, 0.15) is 23.1 Å². The van der Waals surface area contributed by atoms with Crippen LogP contribution in [0.4, 0.5) is 0 Å². The number of carbonyl (C=O) groups is 1. The fourth-order valence-electron chi connectivity index (χ4n) is 2.83. The van der Waals surface area contributed by atoms with Crippen molar-refractivity contribution < 1.29 is 13.2 Å². The Bertz CT molecular complexity index is 994. The summed E-state index contributed by atoms with van der Waals surface area (Å²) in [5, 5.41) is 9.00. The van der Waals surface area contributed by atoms with Gasteiger partial charge in [0, 0.05) is 33.6 Å². The summed E-state index contributed by atoms with van der Waals surface area (Å²) in [6.45, 7) is 2.26. The van der Waals surface area contributed by atoms with Gasteiger partial charge in [0.1, 0.15) is 4.90 Å². The molecule has 8 heteroatoms. The van der Waals surface area contributed by atoms with Gasteiger partial charge in [0.2, 0.25) is 15.9 Å². The largest absolute Gasteiger partial charge is 0.345 e. The summed E-state index contributed by atoms with van der Waals surface area (Å²) >= 11 is 6.09. The molecule has 0 heterocycles. The molecule has 2 aromatic carbocycles. The summed E-state index contributed by atoms with van der Waals surface area (Å²) in [7, 11) is -0.640. The summed E-state index contributed by atoms with van der Waals surface area (Å²) in [6, 6.07) is 14.2. The number of hydrogen-bond acceptors (Lipinski definition) is 4. The molecule has 0 radical (unpaired) electrons. The summed E-state index contributed by atoms with van der Waals surface area (Å²) in [6.07, 6.45) is 0.726. The van der Waals surface area contributed by atoms with Crippen LogP contribution >= 0.6 is 11.6 Å². The van der Waals surface area contributed by atoms with Gasteiger partial charge in [0.05, 0.1) is 16.7 Å². The maximum absolute atomic E-state index is 12.8. The number of nitrogens with zero attached hydrogens (tertiary/aromatic N) is 3. The summed E-state index contributed by atoms with van der Waals surface area (Å²) in [5.41, 5.74) is 2.18. The number of hydrogen-bond donors (Lipinski definition) is 0. The Hall–Kier alpha value is -2.40. The van der Waals surface area contributed by atoms with Gasteiger partial charge >= 0.3 is 0 Å². The molecule has 0 aliphatic heterocycles. The highest BCUT2D eigenvalue weighted by Gasteiger charge is 2.26. The van der Waals surface area contributed by atoms with Gasteiger partial charge in [0.15, 0.2) is 0 Å². The van der Waals surface area contributed by atoms with Gasteiger partial charge < -0.3 is 4.90 Å². The molecule has 1 amide bonds. The Labute approximate surface area is 177 Å². The van der Waals surface area contributed by atoms with E-state index in [0.717, 1.165) is 9.87 Å². The molecular weight excluding hydrogens is 410 g/mol. The van der Waals surface area contributed by atoms with E-state index in [1.165, 1.54) is 13.1 Å². The number of halogens is 1. The van der Waals surface area contributed by atoms with Crippen LogP contribution in [0, 0.1) is 18.3 Å². The van der Waals surface area contributed by atoms with E-state index in [2.05, 4.69) is 6.07 Å². The van der Waals surface area contributed by atoms with Crippen LogP contribution in [-0.2, 0) is 21.2 Å². The third-order valence-corrected chi connectivity index (χ3v) is 7.21. The quantitative estimate of drug-likeness (QED) is 0.640. The molecule has 0 N–H and O–H groups in total. The molecule has 6 nitrogen and oxygen atoms in total. The average Bonchev–Trinajstić information content (AvgIpc) is 2.69. The Balaban J connectivity index is 1.92. The molecule has 0 spiro atoms. The van der Waals surface area contributed by atoms with Crippen molar-refractivity contribution in [2.45, 2.75) is 24.7 Å². The van der Waals surface area contributed by atoms with Crippen molar-refractivity contribution in [3.05, 3.63) is 64.2 Å². The predicted octanol–water partition coefficient (Wildman–Crippen LogP) is 3.23. The maximum Gasteiger partial charge on any atom is 0.244 e. The molecule has 0 saturated carbocycles. The zero-order valence-electron chi connectivity index (χ0n) is 16.7. The minimum Gasteiger partial charge on any atom is -0.345 e. The first kappa shape index (κ1) is 22.9. The summed E-state index contributed by atoms with van der Waals surface area (Å²) in [5.74, 6) is -0.142. The first-order valence-electron chi connectivity index (χ1n) is 9.11. The predicted molar refractivity (Wildman–Crippen MR) is 113 cm³/mol. The molecule has 29 heavy (non-hydrogen) atoms. The zero-order valence-corrected chi connectivity index (χ0v) is 18.3. The lowest BCUT2D eigenvalue weighted by Crippen LogP contribution is -2.34. The van der Waals surface area contributed by atoms with Gasteiger partial charge in [-0.15, -0.1) is 0 Å². The van der Waals surface area contributed by atoms with Crippen molar-refractivity contribution in [2.24, 2.45) is 0 Å². The third-order valence-electron chi connectivity index (χ3n) is 4.72. The van der Waals surface area contributed by atoms with E-state index in [-0.39, 0.29) is 28.8 Å². The lowest BCUT2D eigenvalue weighted by atomic mass is 10.1. The Morgan fingerprint density at radius 2 is 1.76 bits per heavy atom. The minimum absolute atomic E-state index is 0.0625. The molecule has 0 aliphatic rings. The standard InChI is InChI=1S/C21H24ClN3O3S/c1-16-5-4-6-19(22)21(16)29(27,28)25(3)14-12-20(26)24(2)13-11-17-7-9-18(15-23)10-8-17/h4-10H,11-14H2,1-3H3. The second kappa shape index (κ2) is 9.88. The van der Waals surface area contributed by atoms with Gasteiger partial charge in [-0.1, -0.05) is 35.9 Å². The van der Waals surface area contributed by atoms with Crippen LogP contribution in [0.2, 0.25) is 5.02 Å². The number of carbonyl (C=O) groups excluding carboxylic acids is 1. The van der Waals surface area contributed by atoms with E-state index >= 15 is 0 Å². The number of sulfonamides is 1. The fourth-order valence-corrected chi connectivity index (χ4v) is 4.78. The monoisotopic (exact) mass is 433 g/mol. The van der Waals surface area contributed by atoms with E-state index in [0.29, 0.717) is 24.1 Å². The Morgan fingerprint density at radius 1 is 1.10 bits per heavy atom. The molecule has 154 valence electrons. The van der Waals surface area contributed by atoms with Gasteiger partial charge in [-0.05, 0) is 42.7 Å². The molecule has 2 rings (SSSR count). The first-order valence-corrected chi connectivity index (χ1v) is 10.9. The van der Waals surface area contributed by atoms with Gasteiger partial charge in [-0.25, -0.2) is 12.7 Å². The van der Waals surface area contributed by atoms with Crippen LogP contribution in [-0.4, -0.2) is 50.7 Å². The van der Waals surface area contributed by atoms with Crippen LogP contribution in [0.25, 0.3) is 0 Å². The van der Waals surface area contributed by atoms with Crippen LogP contribution < -0.4 is 0 Å². The van der Waals surface area contributed by atoms with Crippen molar-refractivity contribution >= 4 is 27.5 Å². The highest BCUT2D eigenvalue weighted by Crippen LogP contribution is 2.27. The highest BCUT2D eigenvalue weighted by molar-refractivity contribution is 7.89. The topological polar surface area (TPSA) is 81.5 Å². The number of likely N-dealkylation sites (N-methyl/N-ethyl adjacent to an activating group) is 1. The zero-order chi connectivity index (χ0) is 21.6. The van der Waals surface area contributed by atoms with Gasteiger partial charge in [0.25, 0.3) is 0 Å². The lowest BCUT2D eigenvalue weighted by molar-refractivity contribution is -0.129. The van der Waals surface area contributed by atoms with E-state index in [4.69, 9.17) is 16.9 Å². The molecule has 0 saturated heterocycles. The van der Waals surface area contributed by atoms with Gasteiger partial charge in [-0.2, -0.15) is 5.26 Å². The van der Waals surface area contributed by atoms with Crippen LogP contribution in [0.15, 0.2) is 47.4 Å². The number of nitriles is 1. The first-order chi connectivity index (χ1) is 13.7. The second-order valence-electron chi connectivity index (χ2n) is 6.84. The molecular formula is C21H24ClN3O3S. The fraction of sp³-hybridized carbons (Fsp3) is 0.333. The molecule has 0 unspecified atom stereocenters. The van der Waals surface area contributed by atoms with E-state index < -0.39 is 10.0 Å². The number of aryl methyl sites for hydroxylation is 1. The molecule has 2 aromatic rings. The molecule has 0 fully saturated rings. The molecule has 0 aliphatic carbocycles. The normalized spacial score (nSPS) is 11.3. The molecule has 0 bridgehead atoms. The Morgan fingerprint density at radius 3 is 2.34 bits per heavy atom. The van der Waals surface area contributed by atoms with Gasteiger partial charge in [-0.3, -0.25) is 4.79 Å². The summed E-state index contributed by atoms with van der Waals surface area (Å²) in [4.78, 5) is 14.1. The lowest BCUT2D eigenvalue weighted by Gasteiger charge is -2.21. The SMILES string of the molecule is Cc1cccc(Cl)c1S(=O)(=O)N(C)CCC(=O)N(C)CCc1ccc(C#N)cc1. The smallest absolute Gasteiger partial charge is 0.244 e. The third kappa shape index (κ3) is 5.80. The van der Waals surface area contributed by atoms with Crippen LogP contribution in [0.5, 0.6) is 0 Å². The summed E-state index contributed by atoms with van der Waals surface area (Å²) < 4.78 is 26.8. The minimum atomic E-state index is -3.78. The van der Waals surface area contributed by atoms with Crippen molar-refractivity contribution in [1.29, 1.82) is 5.26 Å². The number of amides is 1. The molecule has 0 aromatic heterocycles. The van der Waals surface area contributed by atoms with Crippen molar-refractivity contribution in [3.63, 3.8) is 0 Å². The Kier molecular flexibility index (Phi) is 7.80. The van der Waals surface area contributed by atoms with Crippen molar-refractivity contribution in [3.8, 4) is 6.07 Å². The number of rotatable bonds is 8. The van der Waals surface area contributed by atoms with Crippen LogP contribution in [0.3, 0.4) is 0 Å². The second-order valence-corrected chi connectivity index (χ2v) is 9.23. The van der Waals surface area contributed by atoms with Crippen molar-refractivity contribution in [1.82, 2.24) is 9.21 Å². The average molecular weight is 434 g/mol. The number of benzene rings is 2. The van der Waals surface area contributed by atoms with Crippen molar-refractivity contribution in [2.75, 3.05) is 27.2 Å². The maximum atomic E-state index is 12.8. The van der Waals surface area contributed by atoms with E-state index in [9.17, 15) is 13.2 Å². The van der Waals surface area contributed by atoms with E-state index in [1.54, 1.807) is 43.1 Å². The molecule has 0 atom stereocenters. The van der Waals surface area contributed by atoms with E-state index in [1.807, 2.05) is 12.1 Å².